The lowest BCUT2D eigenvalue weighted by atomic mass is 10.2. The molecule has 5 nitrogen and oxygen atoms in total. The molecule has 1 heterocycles. The van der Waals surface area contributed by atoms with Crippen molar-refractivity contribution in [3.05, 3.63) is 16.4 Å². The zero-order chi connectivity index (χ0) is 13.3. The molecule has 3 N–H and O–H groups in total. The van der Waals surface area contributed by atoms with Crippen LogP contribution >= 0.6 is 24.0 Å². The molecule has 1 saturated carbocycles. The smallest absolute Gasteiger partial charge is 0.241 e. The van der Waals surface area contributed by atoms with E-state index in [-0.39, 0.29) is 30.9 Å². The van der Waals surface area contributed by atoms with Crippen LogP contribution in [0.1, 0.15) is 24.2 Å². The molecule has 19 heavy (non-hydrogen) atoms. The number of aryl methyl sites for hydroxylation is 1. The summed E-state index contributed by atoms with van der Waals surface area (Å²) in [7, 11) is 0. The Hall–Kier alpha value is -0.780. The number of amides is 1. The fourth-order valence-electron chi connectivity index (χ4n) is 1.94. The van der Waals surface area contributed by atoms with E-state index in [2.05, 4.69) is 10.4 Å². The van der Waals surface area contributed by atoms with Gasteiger partial charge in [0.2, 0.25) is 5.91 Å². The molecule has 0 aromatic carbocycles. The average molecular weight is 307 g/mol. The minimum atomic E-state index is -0.0756. The van der Waals surface area contributed by atoms with Gasteiger partial charge in [0.05, 0.1) is 16.4 Å². The van der Waals surface area contributed by atoms with Crippen LogP contribution in [0.2, 0.25) is 5.02 Å². The third-order valence-electron chi connectivity index (χ3n) is 3.35. The van der Waals surface area contributed by atoms with Crippen LogP contribution < -0.4 is 11.1 Å². The maximum atomic E-state index is 11.8. The molecule has 0 aliphatic heterocycles. The van der Waals surface area contributed by atoms with Gasteiger partial charge in [-0.2, -0.15) is 5.10 Å². The van der Waals surface area contributed by atoms with Crippen molar-refractivity contribution in [1.29, 1.82) is 0 Å². The van der Waals surface area contributed by atoms with Crippen LogP contribution in [0.4, 0.5) is 0 Å². The van der Waals surface area contributed by atoms with Gasteiger partial charge in [-0.15, -0.1) is 12.4 Å². The highest BCUT2D eigenvalue weighted by Crippen LogP contribution is 2.31. The van der Waals surface area contributed by atoms with Gasteiger partial charge < -0.3 is 11.1 Å². The van der Waals surface area contributed by atoms with Gasteiger partial charge in [-0.1, -0.05) is 11.6 Å². The number of rotatable bonds is 5. The van der Waals surface area contributed by atoms with Crippen molar-refractivity contribution >= 4 is 29.9 Å². The third-order valence-corrected chi connectivity index (χ3v) is 3.90. The number of carbonyl (C=O) groups excluding carboxylic acids is 1. The van der Waals surface area contributed by atoms with Crippen LogP contribution in [-0.2, 0) is 11.3 Å². The van der Waals surface area contributed by atoms with Crippen LogP contribution in [0, 0.1) is 19.8 Å². The molecule has 0 bridgehead atoms. The summed E-state index contributed by atoms with van der Waals surface area (Å²) in [5, 5.41) is 7.68. The van der Waals surface area contributed by atoms with E-state index < -0.39 is 0 Å². The van der Waals surface area contributed by atoms with E-state index >= 15 is 0 Å². The Kier molecular flexibility index (Phi) is 5.64. The first kappa shape index (κ1) is 16.3. The number of nitrogens with two attached hydrogens (primary N) is 1. The normalized spacial score (nSPS) is 15.8. The Bertz CT molecular complexity index is 457. The molecule has 1 aliphatic carbocycles. The lowest BCUT2D eigenvalue weighted by molar-refractivity contribution is -0.121. The molecular formula is C12H20Cl2N4O. The van der Waals surface area contributed by atoms with Gasteiger partial charge in [0.15, 0.2) is 0 Å². The lowest BCUT2D eigenvalue weighted by Gasteiger charge is -2.12. The van der Waals surface area contributed by atoms with Gasteiger partial charge in [0, 0.05) is 12.6 Å². The molecule has 1 aliphatic rings. The summed E-state index contributed by atoms with van der Waals surface area (Å²) < 4.78 is 1.62. The van der Waals surface area contributed by atoms with Crippen molar-refractivity contribution in [3.63, 3.8) is 0 Å². The molecular weight excluding hydrogens is 287 g/mol. The molecule has 1 aromatic heterocycles. The highest BCUT2D eigenvalue weighted by Gasteiger charge is 2.28. The lowest BCUT2D eigenvalue weighted by Crippen LogP contribution is -2.40. The molecule has 1 amide bonds. The molecule has 2 rings (SSSR count). The Morgan fingerprint density at radius 3 is 2.68 bits per heavy atom. The maximum absolute atomic E-state index is 11.8. The van der Waals surface area contributed by atoms with E-state index in [0.29, 0.717) is 17.5 Å². The number of nitrogens with zero attached hydrogens (tertiary/aromatic N) is 2. The second-order valence-corrected chi connectivity index (χ2v) is 5.33. The van der Waals surface area contributed by atoms with Crippen molar-refractivity contribution < 1.29 is 4.79 Å². The second kappa shape index (κ2) is 6.59. The van der Waals surface area contributed by atoms with E-state index in [0.717, 1.165) is 11.4 Å². The van der Waals surface area contributed by atoms with Gasteiger partial charge >= 0.3 is 0 Å². The number of nitrogens with one attached hydrogen (secondary N) is 1. The Morgan fingerprint density at radius 2 is 2.21 bits per heavy atom. The standard InChI is InChI=1S/C12H19ClN4O.ClH/c1-7-12(13)8(2)17(16-7)6-11(18)15-5-10(14)9-3-4-9;/h9-10H,3-6,14H2,1-2H3,(H,15,18);1H. The highest BCUT2D eigenvalue weighted by atomic mass is 35.5. The van der Waals surface area contributed by atoms with Gasteiger partial charge in [-0.25, -0.2) is 0 Å². The quantitative estimate of drug-likeness (QED) is 0.864. The van der Waals surface area contributed by atoms with Gasteiger partial charge in [-0.05, 0) is 32.6 Å². The number of aromatic nitrogens is 2. The van der Waals surface area contributed by atoms with Gasteiger partial charge in [0.1, 0.15) is 6.54 Å². The fourth-order valence-corrected chi connectivity index (χ4v) is 2.08. The third kappa shape index (κ3) is 4.09. The Balaban J connectivity index is 0.00000180. The largest absolute Gasteiger partial charge is 0.353 e. The molecule has 1 aromatic rings. The van der Waals surface area contributed by atoms with Crippen molar-refractivity contribution in [1.82, 2.24) is 15.1 Å². The Morgan fingerprint density at radius 1 is 1.58 bits per heavy atom. The SMILES string of the molecule is Cc1nn(CC(=O)NCC(N)C2CC2)c(C)c1Cl.Cl. The Labute approximate surface area is 124 Å². The molecule has 1 fully saturated rings. The monoisotopic (exact) mass is 306 g/mol. The molecule has 1 unspecified atom stereocenters. The second-order valence-electron chi connectivity index (χ2n) is 4.95. The predicted octanol–water partition coefficient (Wildman–Crippen LogP) is 1.43. The van der Waals surface area contributed by atoms with Crippen LogP contribution in [0.5, 0.6) is 0 Å². The van der Waals surface area contributed by atoms with Crippen LogP contribution in [-0.4, -0.2) is 28.3 Å². The van der Waals surface area contributed by atoms with E-state index in [9.17, 15) is 4.79 Å². The zero-order valence-electron chi connectivity index (χ0n) is 11.1. The first-order chi connectivity index (χ1) is 8.49. The van der Waals surface area contributed by atoms with Crippen LogP contribution in [0.25, 0.3) is 0 Å². The number of hydrogen-bond acceptors (Lipinski definition) is 3. The van der Waals surface area contributed by atoms with Crippen molar-refractivity contribution in [2.24, 2.45) is 11.7 Å². The van der Waals surface area contributed by atoms with Crippen molar-refractivity contribution in [2.75, 3.05) is 6.54 Å². The maximum Gasteiger partial charge on any atom is 0.241 e. The van der Waals surface area contributed by atoms with Crippen molar-refractivity contribution in [3.8, 4) is 0 Å². The minimum absolute atomic E-state index is 0. The predicted molar refractivity (Wildman–Crippen MR) is 77.7 cm³/mol. The van der Waals surface area contributed by atoms with Crippen molar-refractivity contribution in [2.45, 2.75) is 39.3 Å². The first-order valence-corrected chi connectivity index (χ1v) is 6.58. The van der Waals surface area contributed by atoms with E-state index in [1.54, 1.807) is 4.68 Å². The number of hydrogen-bond donors (Lipinski definition) is 2. The summed E-state index contributed by atoms with van der Waals surface area (Å²) in [6, 6.07) is 0.0815. The molecule has 0 saturated heterocycles. The highest BCUT2D eigenvalue weighted by molar-refractivity contribution is 6.31. The van der Waals surface area contributed by atoms with Gasteiger partial charge in [0.25, 0.3) is 0 Å². The number of carbonyl (C=O) groups is 1. The van der Waals surface area contributed by atoms with Gasteiger partial charge in [-0.3, -0.25) is 9.48 Å². The molecule has 108 valence electrons. The minimum Gasteiger partial charge on any atom is -0.353 e. The topological polar surface area (TPSA) is 72.9 Å². The average Bonchev–Trinajstić information content (AvgIpc) is 3.13. The molecule has 0 spiro atoms. The summed E-state index contributed by atoms with van der Waals surface area (Å²) in [5.74, 6) is 0.516. The molecule has 0 radical (unpaired) electrons. The van der Waals surface area contributed by atoms with E-state index in [4.69, 9.17) is 17.3 Å². The summed E-state index contributed by atoms with van der Waals surface area (Å²) in [6.45, 7) is 4.41. The first-order valence-electron chi connectivity index (χ1n) is 6.21. The summed E-state index contributed by atoms with van der Waals surface area (Å²) >= 11 is 6.02. The van der Waals surface area contributed by atoms with E-state index in [1.165, 1.54) is 12.8 Å². The molecule has 7 heteroatoms. The summed E-state index contributed by atoms with van der Waals surface area (Å²) in [6.07, 6.45) is 2.37. The summed E-state index contributed by atoms with van der Waals surface area (Å²) in [4.78, 5) is 11.8. The fraction of sp³-hybridized carbons (Fsp3) is 0.667. The van der Waals surface area contributed by atoms with Crippen LogP contribution in [0.15, 0.2) is 0 Å². The molecule has 1 atom stereocenters. The summed E-state index contributed by atoms with van der Waals surface area (Å²) in [5.41, 5.74) is 7.48. The zero-order valence-corrected chi connectivity index (χ0v) is 12.7. The van der Waals surface area contributed by atoms with Crippen LogP contribution in [0.3, 0.4) is 0 Å². The number of halogens is 2. The van der Waals surface area contributed by atoms with E-state index in [1.807, 2.05) is 13.8 Å².